The first-order valence-corrected chi connectivity index (χ1v) is 6.04. The van der Waals surface area contributed by atoms with Gasteiger partial charge in [0.1, 0.15) is 0 Å². The topological polar surface area (TPSA) is 91.7 Å². The maximum atomic E-state index is 11.3. The Kier molecular flexibility index (Phi) is 3.34. The molecule has 4 N–H and O–H groups in total. The van der Waals surface area contributed by atoms with Crippen LogP contribution in [-0.2, 0) is 0 Å². The molecule has 0 aliphatic rings. The molecule has 0 amide bonds. The Bertz CT molecular complexity index is 672. The van der Waals surface area contributed by atoms with Crippen LogP contribution in [0.25, 0.3) is 11.0 Å². The zero-order valence-corrected chi connectivity index (χ0v) is 10.5. The zero-order valence-electron chi connectivity index (χ0n) is 10.5. The van der Waals surface area contributed by atoms with Crippen molar-refractivity contribution in [2.24, 2.45) is 11.7 Å². The maximum absolute atomic E-state index is 11.3. The number of aromatic amines is 2. The predicted molar refractivity (Wildman–Crippen MR) is 71.6 cm³/mol. The van der Waals surface area contributed by atoms with Crippen LogP contribution in [-0.4, -0.2) is 9.97 Å². The lowest BCUT2D eigenvalue weighted by Crippen LogP contribution is -2.29. The van der Waals surface area contributed by atoms with Crippen molar-refractivity contribution in [3.8, 4) is 0 Å². The third-order valence-electron chi connectivity index (χ3n) is 3.39. The van der Waals surface area contributed by atoms with Crippen molar-refractivity contribution < 1.29 is 0 Å². The zero-order chi connectivity index (χ0) is 13.3. The molecule has 1 aromatic heterocycles. The molecule has 5 nitrogen and oxygen atoms in total. The molecule has 96 valence electrons. The summed E-state index contributed by atoms with van der Waals surface area (Å²) in [6.07, 6.45) is 0.987. The number of H-pyrrole nitrogens is 2. The summed E-state index contributed by atoms with van der Waals surface area (Å²) < 4.78 is 0. The van der Waals surface area contributed by atoms with Crippen LogP contribution in [0.5, 0.6) is 0 Å². The first-order chi connectivity index (χ1) is 8.52. The number of aromatic nitrogens is 2. The van der Waals surface area contributed by atoms with Gasteiger partial charge >= 0.3 is 11.1 Å². The summed E-state index contributed by atoms with van der Waals surface area (Å²) in [7, 11) is 0. The Hall–Kier alpha value is -1.88. The largest absolute Gasteiger partial charge is 0.324 e. The van der Waals surface area contributed by atoms with E-state index in [0.29, 0.717) is 17.0 Å². The highest BCUT2D eigenvalue weighted by atomic mass is 16.2. The average Bonchev–Trinajstić information content (AvgIpc) is 2.37. The van der Waals surface area contributed by atoms with Gasteiger partial charge in [-0.1, -0.05) is 26.3 Å². The highest BCUT2D eigenvalue weighted by molar-refractivity contribution is 5.74. The van der Waals surface area contributed by atoms with Crippen LogP contribution in [0.2, 0.25) is 0 Å². The molecule has 1 heterocycles. The molecule has 0 fully saturated rings. The fourth-order valence-electron chi connectivity index (χ4n) is 1.92. The van der Waals surface area contributed by atoms with Gasteiger partial charge in [0.25, 0.3) is 0 Å². The lowest BCUT2D eigenvalue weighted by Gasteiger charge is -2.18. The molecule has 0 saturated carbocycles. The number of nitrogens with one attached hydrogen (secondary N) is 2. The minimum Gasteiger partial charge on any atom is -0.324 e. The second kappa shape index (κ2) is 4.78. The quantitative estimate of drug-likeness (QED) is 0.713. The first-order valence-electron chi connectivity index (χ1n) is 6.04. The standard InChI is InChI=1S/C13H17N3O2/c1-3-7(2)11(14)8-4-5-9-10(6-8)16-13(18)12(17)15-9/h4-7,11H,3,14H2,1-2H3,(H,15,17)(H,16,18). The molecule has 0 aliphatic heterocycles. The molecule has 18 heavy (non-hydrogen) atoms. The summed E-state index contributed by atoms with van der Waals surface area (Å²) in [6.45, 7) is 4.18. The molecule has 0 spiro atoms. The summed E-state index contributed by atoms with van der Waals surface area (Å²) >= 11 is 0. The molecule has 1 aromatic carbocycles. The van der Waals surface area contributed by atoms with Crippen LogP contribution in [0.1, 0.15) is 31.9 Å². The molecular weight excluding hydrogens is 230 g/mol. The van der Waals surface area contributed by atoms with Gasteiger partial charge in [0, 0.05) is 6.04 Å². The van der Waals surface area contributed by atoms with Crippen LogP contribution in [0.15, 0.2) is 27.8 Å². The molecular formula is C13H17N3O2. The normalized spacial score (nSPS) is 14.6. The highest BCUT2D eigenvalue weighted by Gasteiger charge is 2.13. The van der Waals surface area contributed by atoms with Gasteiger partial charge in [0.15, 0.2) is 0 Å². The fraction of sp³-hybridized carbons (Fsp3) is 0.385. The third kappa shape index (κ3) is 2.22. The van der Waals surface area contributed by atoms with Crippen LogP contribution in [0.4, 0.5) is 0 Å². The first kappa shape index (κ1) is 12.6. The average molecular weight is 247 g/mol. The Morgan fingerprint density at radius 2 is 1.78 bits per heavy atom. The van der Waals surface area contributed by atoms with Gasteiger partial charge in [-0.25, -0.2) is 0 Å². The Balaban J connectivity index is 2.53. The van der Waals surface area contributed by atoms with Crippen LogP contribution < -0.4 is 16.9 Å². The van der Waals surface area contributed by atoms with E-state index >= 15 is 0 Å². The maximum Gasteiger partial charge on any atom is 0.314 e. The van der Waals surface area contributed by atoms with Crippen LogP contribution in [0.3, 0.4) is 0 Å². The van der Waals surface area contributed by atoms with Crippen molar-refractivity contribution in [3.05, 3.63) is 44.5 Å². The van der Waals surface area contributed by atoms with Gasteiger partial charge in [-0.05, 0) is 23.6 Å². The summed E-state index contributed by atoms with van der Waals surface area (Å²) in [4.78, 5) is 27.5. The molecule has 2 rings (SSSR count). The monoisotopic (exact) mass is 247 g/mol. The Morgan fingerprint density at radius 3 is 2.39 bits per heavy atom. The predicted octanol–water partition coefficient (Wildman–Crippen LogP) is 1.26. The number of benzene rings is 1. The van der Waals surface area contributed by atoms with E-state index < -0.39 is 11.1 Å². The van der Waals surface area contributed by atoms with E-state index in [2.05, 4.69) is 23.8 Å². The highest BCUT2D eigenvalue weighted by Crippen LogP contribution is 2.23. The number of fused-ring (bicyclic) bond motifs is 1. The van der Waals surface area contributed by atoms with E-state index in [9.17, 15) is 9.59 Å². The summed E-state index contributed by atoms with van der Waals surface area (Å²) in [6, 6.07) is 5.40. The summed E-state index contributed by atoms with van der Waals surface area (Å²) in [5.41, 5.74) is 7.04. The Morgan fingerprint density at radius 1 is 1.17 bits per heavy atom. The van der Waals surface area contributed by atoms with Crippen molar-refractivity contribution in [1.29, 1.82) is 0 Å². The van der Waals surface area contributed by atoms with E-state index in [4.69, 9.17) is 5.73 Å². The SMILES string of the molecule is CCC(C)C(N)c1ccc2[nH]c(=O)c(=O)[nH]c2c1. The van der Waals surface area contributed by atoms with Gasteiger partial charge in [0.2, 0.25) is 0 Å². The van der Waals surface area contributed by atoms with Crippen molar-refractivity contribution >= 4 is 11.0 Å². The third-order valence-corrected chi connectivity index (χ3v) is 3.39. The lowest BCUT2D eigenvalue weighted by atomic mass is 9.93. The minimum atomic E-state index is -0.642. The van der Waals surface area contributed by atoms with Gasteiger partial charge in [-0.3, -0.25) is 9.59 Å². The molecule has 0 radical (unpaired) electrons. The van der Waals surface area contributed by atoms with E-state index in [1.807, 2.05) is 12.1 Å². The van der Waals surface area contributed by atoms with Crippen molar-refractivity contribution in [1.82, 2.24) is 9.97 Å². The molecule has 2 atom stereocenters. The smallest absolute Gasteiger partial charge is 0.314 e. The molecule has 5 heteroatoms. The number of rotatable bonds is 3. The molecule has 0 saturated heterocycles. The number of hydrogen-bond donors (Lipinski definition) is 3. The van der Waals surface area contributed by atoms with Crippen molar-refractivity contribution in [3.63, 3.8) is 0 Å². The second-order valence-electron chi connectivity index (χ2n) is 4.62. The Labute approximate surface area is 104 Å². The van der Waals surface area contributed by atoms with Crippen LogP contribution in [0, 0.1) is 5.92 Å². The number of nitrogens with two attached hydrogens (primary N) is 1. The number of hydrogen-bond acceptors (Lipinski definition) is 3. The van der Waals surface area contributed by atoms with Crippen molar-refractivity contribution in [2.45, 2.75) is 26.3 Å². The molecule has 0 bridgehead atoms. The second-order valence-corrected chi connectivity index (χ2v) is 4.62. The van der Waals surface area contributed by atoms with Crippen molar-refractivity contribution in [2.75, 3.05) is 0 Å². The van der Waals surface area contributed by atoms with Gasteiger partial charge in [-0.15, -0.1) is 0 Å². The van der Waals surface area contributed by atoms with Gasteiger partial charge in [-0.2, -0.15) is 0 Å². The summed E-state index contributed by atoms with van der Waals surface area (Å²) in [5, 5.41) is 0. The van der Waals surface area contributed by atoms with E-state index in [1.165, 1.54) is 0 Å². The van der Waals surface area contributed by atoms with E-state index in [1.54, 1.807) is 6.07 Å². The van der Waals surface area contributed by atoms with E-state index in [-0.39, 0.29) is 6.04 Å². The lowest BCUT2D eigenvalue weighted by molar-refractivity contribution is 0.457. The van der Waals surface area contributed by atoms with Gasteiger partial charge in [0.05, 0.1) is 11.0 Å². The van der Waals surface area contributed by atoms with E-state index in [0.717, 1.165) is 12.0 Å². The van der Waals surface area contributed by atoms with Crippen LogP contribution >= 0.6 is 0 Å². The molecule has 2 aromatic rings. The fourth-order valence-corrected chi connectivity index (χ4v) is 1.92. The molecule has 2 unspecified atom stereocenters. The minimum absolute atomic E-state index is 0.0742. The summed E-state index contributed by atoms with van der Waals surface area (Å²) in [5.74, 6) is 0.358. The van der Waals surface area contributed by atoms with Gasteiger partial charge < -0.3 is 15.7 Å². The molecule has 0 aliphatic carbocycles.